The van der Waals surface area contributed by atoms with Crippen LogP contribution in [0.5, 0.6) is 5.88 Å². The quantitative estimate of drug-likeness (QED) is 0.653. The Balaban J connectivity index is 2.31. The van der Waals surface area contributed by atoms with E-state index in [4.69, 9.17) is 9.52 Å². The maximum atomic E-state index is 13.1. The van der Waals surface area contributed by atoms with Gasteiger partial charge in [-0.25, -0.2) is 4.98 Å². The fraction of sp³-hybridized carbons (Fsp3) is 0.333. The highest BCUT2D eigenvalue weighted by Crippen LogP contribution is 2.35. The molecule has 0 fully saturated rings. The molecule has 0 bridgehead atoms. The van der Waals surface area contributed by atoms with E-state index in [0.29, 0.717) is 11.9 Å². The van der Waals surface area contributed by atoms with Crippen molar-refractivity contribution in [2.45, 2.75) is 37.1 Å². The summed E-state index contributed by atoms with van der Waals surface area (Å²) in [6, 6.07) is 5.84. The largest absolute Gasteiger partial charge is 0.471 e. The number of hydrogen-bond donors (Lipinski definition) is 3. The molecule has 7 nitrogen and oxygen atoms in total. The maximum absolute atomic E-state index is 13.1. The van der Waals surface area contributed by atoms with E-state index >= 15 is 0 Å². The first-order chi connectivity index (χ1) is 12.1. The van der Waals surface area contributed by atoms with Crippen LogP contribution in [0.25, 0.3) is 0 Å². The van der Waals surface area contributed by atoms with Gasteiger partial charge >= 0.3 is 6.18 Å². The summed E-state index contributed by atoms with van der Waals surface area (Å²) in [5.74, 6) is -0.849. The molecule has 0 aliphatic rings. The third kappa shape index (κ3) is 5.05. The van der Waals surface area contributed by atoms with Gasteiger partial charge < -0.3 is 24.1 Å². The van der Waals surface area contributed by atoms with Gasteiger partial charge in [0.2, 0.25) is 11.8 Å². The number of alkyl halides is 3. The summed E-state index contributed by atoms with van der Waals surface area (Å²) in [6.45, 7) is 2.80. The number of rotatable bonds is 6. The normalized spacial score (nSPS) is 14.1. The Morgan fingerprint density at radius 1 is 1.27 bits per heavy atom. The Bertz CT molecular complexity index is 831. The Morgan fingerprint density at radius 3 is 2.38 bits per heavy atom. The standard InChI is InChI=1S/C15H16F3N4O3S/c1-8(23)9(2)25-13-12(15(16,17)18)7-20-14(22-13)21-10-3-5-11(6-4-10)26(19)24/h3-9,19,23H,1-2H3,(H,20,21,22)/q-1. The molecular formula is C15H16F3N4O3S-. The summed E-state index contributed by atoms with van der Waals surface area (Å²) in [6.07, 6.45) is -6.04. The van der Waals surface area contributed by atoms with Crippen LogP contribution in [0, 0.1) is 4.78 Å². The molecule has 0 spiro atoms. The second-order valence-electron chi connectivity index (χ2n) is 5.39. The molecule has 1 aromatic heterocycles. The molecule has 1 aromatic carbocycles. The molecule has 0 aliphatic heterocycles. The van der Waals surface area contributed by atoms with Crippen LogP contribution in [-0.2, 0) is 21.0 Å². The lowest BCUT2D eigenvalue weighted by atomic mass is 10.2. The van der Waals surface area contributed by atoms with E-state index in [9.17, 15) is 22.5 Å². The molecule has 3 N–H and O–H groups in total. The highest BCUT2D eigenvalue weighted by atomic mass is 32.2. The number of aliphatic hydroxyl groups excluding tert-OH is 1. The van der Waals surface area contributed by atoms with Crippen LogP contribution in [-0.4, -0.2) is 27.3 Å². The highest BCUT2D eigenvalue weighted by molar-refractivity contribution is 7.73. The van der Waals surface area contributed by atoms with Crippen molar-refractivity contribution in [1.29, 1.82) is 4.78 Å². The fourth-order valence-corrected chi connectivity index (χ4v) is 2.16. The molecule has 2 atom stereocenters. The first kappa shape index (κ1) is 19.9. The van der Waals surface area contributed by atoms with Crippen molar-refractivity contribution >= 4 is 22.2 Å². The first-order valence-corrected chi connectivity index (χ1v) is 8.52. The second kappa shape index (κ2) is 7.87. The first-order valence-electron chi connectivity index (χ1n) is 7.37. The summed E-state index contributed by atoms with van der Waals surface area (Å²) < 4.78 is 62.5. The third-order valence-electron chi connectivity index (χ3n) is 3.36. The van der Waals surface area contributed by atoms with Gasteiger partial charge in [-0.15, -0.1) is 0 Å². The van der Waals surface area contributed by atoms with Gasteiger partial charge in [-0.05, 0) is 26.0 Å². The van der Waals surface area contributed by atoms with Crippen molar-refractivity contribution in [2.75, 3.05) is 5.32 Å². The van der Waals surface area contributed by atoms with Gasteiger partial charge in [0.25, 0.3) is 0 Å². The molecule has 2 unspecified atom stereocenters. The lowest BCUT2D eigenvalue weighted by molar-refractivity contribution is -0.140. The minimum Gasteiger partial charge on any atom is -0.471 e. The molecule has 142 valence electrons. The lowest BCUT2D eigenvalue weighted by Gasteiger charge is -2.20. The average molecular weight is 389 g/mol. The molecular weight excluding hydrogens is 373 g/mol. The molecule has 0 aliphatic carbocycles. The molecule has 0 saturated heterocycles. The zero-order valence-corrected chi connectivity index (χ0v) is 14.6. The number of halogens is 3. The topological polar surface area (TPSA) is 108 Å². The number of aromatic nitrogens is 2. The van der Waals surface area contributed by atoms with E-state index in [2.05, 4.69) is 15.3 Å². The summed E-state index contributed by atoms with van der Waals surface area (Å²) >= 11 is 0. The van der Waals surface area contributed by atoms with Crippen LogP contribution in [0.4, 0.5) is 24.8 Å². The smallest absolute Gasteiger partial charge is 0.423 e. The van der Waals surface area contributed by atoms with Crippen LogP contribution in [0.15, 0.2) is 35.4 Å². The molecule has 1 heterocycles. The Morgan fingerprint density at radius 2 is 1.88 bits per heavy atom. The maximum Gasteiger partial charge on any atom is 0.423 e. The monoisotopic (exact) mass is 389 g/mol. The summed E-state index contributed by atoms with van der Waals surface area (Å²) in [4.78, 5) is 7.65. The van der Waals surface area contributed by atoms with Gasteiger partial charge in [0.15, 0.2) is 0 Å². The second-order valence-corrected chi connectivity index (χ2v) is 6.40. The van der Waals surface area contributed by atoms with Gasteiger partial charge in [0.05, 0.1) is 6.10 Å². The summed E-state index contributed by atoms with van der Waals surface area (Å²) in [5, 5.41) is 12.1. The number of benzene rings is 1. The van der Waals surface area contributed by atoms with Crippen LogP contribution < -0.4 is 10.1 Å². The minimum atomic E-state index is -4.72. The van der Waals surface area contributed by atoms with Crippen molar-refractivity contribution in [1.82, 2.24) is 9.97 Å². The molecule has 0 amide bonds. The predicted molar refractivity (Wildman–Crippen MR) is 87.6 cm³/mol. The van der Waals surface area contributed by atoms with Crippen LogP contribution in [0.2, 0.25) is 0 Å². The fourth-order valence-electron chi connectivity index (χ4n) is 1.78. The van der Waals surface area contributed by atoms with Crippen LogP contribution in [0.1, 0.15) is 19.4 Å². The molecule has 11 heteroatoms. The SMILES string of the molecule is CC(O)C(C)Oc1nc(Nc2ccc([S-](=N)=O)cc2)ncc1C(F)(F)F. The van der Waals surface area contributed by atoms with E-state index < -0.39 is 40.4 Å². The van der Waals surface area contributed by atoms with E-state index in [1.54, 1.807) is 0 Å². The van der Waals surface area contributed by atoms with Gasteiger partial charge in [-0.1, -0.05) is 17.0 Å². The van der Waals surface area contributed by atoms with Gasteiger partial charge in [-0.2, -0.15) is 28.8 Å². The van der Waals surface area contributed by atoms with Crippen molar-refractivity contribution in [3.8, 4) is 5.88 Å². The Hall–Kier alpha value is -2.40. The van der Waals surface area contributed by atoms with E-state index in [1.807, 2.05) is 0 Å². The van der Waals surface area contributed by atoms with Crippen molar-refractivity contribution < 1.29 is 27.2 Å². The van der Waals surface area contributed by atoms with Crippen molar-refractivity contribution in [3.05, 3.63) is 36.0 Å². The Kier molecular flexibility index (Phi) is 6.03. The predicted octanol–water partition coefficient (Wildman–Crippen LogP) is 3.47. The molecule has 26 heavy (non-hydrogen) atoms. The number of ether oxygens (including phenoxy) is 1. The van der Waals surface area contributed by atoms with Crippen LogP contribution >= 0.6 is 0 Å². The van der Waals surface area contributed by atoms with E-state index in [0.717, 1.165) is 0 Å². The Labute approximate surface area is 149 Å². The third-order valence-corrected chi connectivity index (χ3v) is 4.06. The number of hydrogen-bond acceptors (Lipinski definition) is 8. The highest BCUT2D eigenvalue weighted by Gasteiger charge is 2.37. The molecule has 2 rings (SSSR count). The zero-order chi connectivity index (χ0) is 19.5. The number of anilines is 2. The van der Waals surface area contributed by atoms with Gasteiger partial charge in [-0.3, -0.25) is 0 Å². The van der Waals surface area contributed by atoms with E-state index in [1.165, 1.54) is 38.1 Å². The molecule has 2 aromatic rings. The number of aliphatic hydroxyl groups is 1. The van der Waals surface area contributed by atoms with Crippen LogP contribution in [0.3, 0.4) is 0 Å². The van der Waals surface area contributed by atoms with Crippen molar-refractivity contribution in [3.63, 3.8) is 0 Å². The van der Waals surface area contributed by atoms with Crippen molar-refractivity contribution in [2.24, 2.45) is 0 Å². The molecule has 0 saturated carbocycles. The number of nitrogens with one attached hydrogen (secondary N) is 2. The number of nitrogens with zero attached hydrogens (tertiary/aromatic N) is 2. The zero-order valence-electron chi connectivity index (χ0n) is 13.7. The summed E-state index contributed by atoms with van der Waals surface area (Å²) in [5.41, 5.74) is -0.732. The molecule has 0 radical (unpaired) electrons. The van der Waals surface area contributed by atoms with E-state index in [-0.39, 0.29) is 10.8 Å². The lowest BCUT2D eigenvalue weighted by Crippen LogP contribution is -2.27. The van der Waals surface area contributed by atoms with Gasteiger partial charge in [0, 0.05) is 11.9 Å². The minimum absolute atomic E-state index is 0.148. The average Bonchev–Trinajstić information content (AvgIpc) is 2.54. The van der Waals surface area contributed by atoms with Gasteiger partial charge in [0.1, 0.15) is 11.7 Å². The summed E-state index contributed by atoms with van der Waals surface area (Å²) in [7, 11) is -1.89.